The lowest BCUT2D eigenvalue weighted by Crippen LogP contribution is -2.39. The number of amidine groups is 1. The number of alkyl halides is 3. The van der Waals surface area contributed by atoms with Crippen molar-refractivity contribution in [1.82, 2.24) is 0 Å². The minimum atomic E-state index is -4.54. The standard InChI is InChI=1S/C20H18ClF3N2O2S2/c1-12-4-2-3-5-13(12)9-29-19-25-16-10-30(27,28)11-18(16)26(19)17-8-14(20(22,23)24)6-7-15(17)21/h2-8,16,18H,9-11H2,1H3/t16-,18+/m1/s1. The van der Waals surface area contributed by atoms with E-state index in [-0.39, 0.29) is 22.2 Å². The molecule has 0 saturated carbocycles. The molecule has 4 nitrogen and oxygen atoms in total. The van der Waals surface area contributed by atoms with Crippen LogP contribution in [0.1, 0.15) is 16.7 Å². The van der Waals surface area contributed by atoms with Crippen LogP contribution in [0.25, 0.3) is 0 Å². The first-order valence-electron chi connectivity index (χ1n) is 9.17. The quantitative estimate of drug-likeness (QED) is 0.632. The number of rotatable bonds is 3. The predicted molar refractivity (Wildman–Crippen MR) is 115 cm³/mol. The van der Waals surface area contributed by atoms with Gasteiger partial charge in [0.25, 0.3) is 0 Å². The molecule has 0 aliphatic carbocycles. The van der Waals surface area contributed by atoms with Crippen molar-refractivity contribution < 1.29 is 21.6 Å². The highest BCUT2D eigenvalue weighted by Crippen LogP contribution is 2.41. The summed E-state index contributed by atoms with van der Waals surface area (Å²) in [4.78, 5) is 6.15. The third-order valence-corrected chi connectivity index (χ3v) is 8.29. The summed E-state index contributed by atoms with van der Waals surface area (Å²) in [6.45, 7) is 1.98. The van der Waals surface area contributed by atoms with Gasteiger partial charge in [0, 0.05) is 5.75 Å². The number of aryl methyl sites for hydroxylation is 1. The minimum Gasteiger partial charge on any atom is -0.313 e. The smallest absolute Gasteiger partial charge is 0.313 e. The lowest BCUT2D eigenvalue weighted by Gasteiger charge is -2.28. The summed E-state index contributed by atoms with van der Waals surface area (Å²) in [5.41, 5.74) is 1.46. The van der Waals surface area contributed by atoms with Crippen LogP contribution in [0.5, 0.6) is 0 Å². The molecule has 2 atom stereocenters. The Morgan fingerprint density at radius 2 is 1.93 bits per heavy atom. The molecule has 0 bridgehead atoms. The molecule has 0 spiro atoms. The van der Waals surface area contributed by atoms with Gasteiger partial charge in [-0.15, -0.1) is 0 Å². The first-order valence-corrected chi connectivity index (χ1v) is 12.4. The van der Waals surface area contributed by atoms with Crippen LogP contribution in [0.3, 0.4) is 0 Å². The van der Waals surface area contributed by atoms with Gasteiger partial charge in [0.15, 0.2) is 15.0 Å². The second-order valence-corrected chi connectivity index (χ2v) is 10.9. The summed E-state index contributed by atoms with van der Waals surface area (Å²) in [5.74, 6) is 0.284. The number of halogens is 4. The van der Waals surface area contributed by atoms with E-state index in [4.69, 9.17) is 11.6 Å². The average molecular weight is 475 g/mol. The maximum absolute atomic E-state index is 13.3. The fraction of sp³-hybridized carbons (Fsp3) is 0.350. The van der Waals surface area contributed by atoms with E-state index in [1.807, 2.05) is 31.2 Å². The summed E-state index contributed by atoms with van der Waals surface area (Å²) in [7, 11) is -3.32. The van der Waals surface area contributed by atoms with Gasteiger partial charge in [-0.25, -0.2) is 8.42 Å². The third kappa shape index (κ3) is 4.20. The highest BCUT2D eigenvalue weighted by Gasteiger charge is 2.48. The van der Waals surface area contributed by atoms with E-state index in [0.29, 0.717) is 10.9 Å². The second kappa shape index (κ2) is 7.76. The van der Waals surface area contributed by atoms with Gasteiger partial charge in [-0.2, -0.15) is 13.2 Å². The average Bonchev–Trinajstić information content (AvgIpc) is 3.11. The Morgan fingerprint density at radius 1 is 1.20 bits per heavy atom. The van der Waals surface area contributed by atoms with Gasteiger partial charge in [-0.3, -0.25) is 4.99 Å². The minimum absolute atomic E-state index is 0.112. The summed E-state index contributed by atoms with van der Waals surface area (Å²) >= 11 is 7.65. The van der Waals surface area contributed by atoms with Gasteiger partial charge in [0.1, 0.15) is 0 Å². The molecule has 0 radical (unpaired) electrons. The van der Waals surface area contributed by atoms with Crippen molar-refractivity contribution >= 4 is 44.1 Å². The third-order valence-electron chi connectivity index (χ3n) is 5.26. The molecular formula is C20H18ClF3N2O2S2. The number of fused-ring (bicyclic) bond motifs is 1. The molecule has 2 aliphatic rings. The zero-order valence-electron chi connectivity index (χ0n) is 15.9. The van der Waals surface area contributed by atoms with E-state index in [1.54, 1.807) is 4.90 Å². The Kier molecular flexibility index (Phi) is 5.57. The van der Waals surface area contributed by atoms with Gasteiger partial charge in [-0.05, 0) is 36.2 Å². The Morgan fingerprint density at radius 3 is 2.63 bits per heavy atom. The zero-order valence-corrected chi connectivity index (χ0v) is 18.2. The molecule has 1 saturated heterocycles. The van der Waals surface area contributed by atoms with Crippen LogP contribution in [-0.4, -0.2) is 37.2 Å². The van der Waals surface area contributed by atoms with Crippen LogP contribution in [-0.2, 0) is 21.8 Å². The van der Waals surface area contributed by atoms with Crippen molar-refractivity contribution in [3.63, 3.8) is 0 Å². The molecule has 1 fully saturated rings. The van der Waals surface area contributed by atoms with E-state index < -0.39 is 33.7 Å². The Hall–Kier alpha value is -1.71. The number of anilines is 1. The number of sulfone groups is 1. The van der Waals surface area contributed by atoms with Crippen LogP contribution < -0.4 is 4.90 Å². The summed E-state index contributed by atoms with van der Waals surface area (Å²) in [6.07, 6.45) is -4.54. The van der Waals surface area contributed by atoms with E-state index in [1.165, 1.54) is 17.8 Å². The lowest BCUT2D eigenvalue weighted by molar-refractivity contribution is -0.137. The van der Waals surface area contributed by atoms with Crippen molar-refractivity contribution in [1.29, 1.82) is 0 Å². The van der Waals surface area contributed by atoms with E-state index in [0.717, 1.165) is 23.3 Å². The highest BCUT2D eigenvalue weighted by atomic mass is 35.5. The van der Waals surface area contributed by atoms with Crippen molar-refractivity contribution in [3.8, 4) is 0 Å². The van der Waals surface area contributed by atoms with Gasteiger partial charge >= 0.3 is 6.18 Å². The van der Waals surface area contributed by atoms with Crippen LogP contribution in [0.2, 0.25) is 5.02 Å². The molecular weight excluding hydrogens is 457 g/mol. The monoisotopic (exact) mass is 474 g/mol. The number of hydrogen-bond acceptors (Lipinski definition) is 5. The molecule has 0 unspecified atom stereocenters. The first kappa shape index (κ1) is 21.5. The van der Waals surface area contributed by atoms with E-state index >= 15 is 0 Å². The molecule has 2 heterocycles. The molecule has 160 valence electrons. The molecule has 2 aromatic carbocycles. The van der Waals surface area contributed by atoms with E-state index in [2.05, 4.69) is 4.99 Å². The summed E-state index contributed by atoms with van der Waals surface area (Å²) in [6, 6.07) is 9.82. The second-order valence-electron chi connectivity index (χ2n) is 7.37. The van der Waals surface area contributed by atoms with Gasteiger partial charge in [0.2, 0.25) is 0 Å². The molecule has 4 rings (SSSR count). The van der Waals surface area contributed by atoms with Gasteiger partial charge in [-0.1, -0.05) is 47.6 Å². The van der Waals surface area contributed by atoms with Gasteiger partial charge in [0.05, 0.1) is 39.9 Å². The van der Waals surface area contributed by atoms with E-state index in [9.17, 15) is 21.6 Å². The first-order chi connectivity index (χ1) is 14.0. The fourth-order valence-electron chi connectivity index (χ4n) is 3.70. The molecule has 2 aromatic rings. The largest absolute Gasteiger partial charge is 0.416 e. The highest BCUT2D eigenvalue weighted by molar-refractivity contribution is 8.13. The zero-order chi connectivity index (χ0) is 21.7. The van der Waals surface area contributed by atoms with Crippen LogP contribution in [0, 0.1) is 6.92 Å². The maximum Gasteiger partial charge on any atom is 0.416 e. The van der Waals surface area contributed by atoms with Crippen LogP contribution in [0.15, 0.2) is 47.5 Å². The fourth-order valence-corrected chi connectivity index (χ4v) is 6.95. The molecule has 10 heteroatoms. The molecule has 0 amide bonds. The van der Waals surface area contributed by atoms with Crippen molar-refractivity contribution in [2.24, 2.45) is 4.99 Å². The predicted octanol–water partition coefficient (Wildman–Crippen LogP) is 4.94. The Labute approximate surface area is 182 Å². The molecule has 2 aliphatic heterocycles. The van der Waals surface area contributed by atoms with Crippen molar-refractivity contribution in [2.45, 2.75) is 30.9 Å². The topological polar surface area (TPSA) is 49.7 Å². The number of benzene rings is 2. The number of hydrogen-bond donors (Lipinski definition) is 0. The maximum atomic E-state index is 13.3. The van der Waals surface area contributed by atoms with Crippen molar-refractivity contribution in [3.05, 3.63) is 64.2 Å². The molecule has 0 N–H and O–H groups in total. The number of nitrogens with zero attached hydrogens (tertiary/aromatic N) is 2. The SMILES string of the molecule is Cc1ccccc1CSC1=N[C@@H]2CS(=O)(=O)C[C@@H]2N1c1cc(C(F)(F)F)ccc1Cl. The Bertz CT molecular complexity index is 1120. The van der Waals surface area contributed by atoms with Gasteiger partial charge < -0.3 is 4.90 Å². The van der Waals surface area contributed by atoms with Crippen LogP contribution >= 0.6 is 23.4 Å². The normalized spacial score (nSPS) is 22.8. The van der Waals surface area contributed by atoms with Crippen molar-refractivity contribution in [2.75, 3.05) is 16.4 Å². The van der Waals surface area contributed by atoms with Crippen LogP contribution in [0.4, 0.5) is 18.9 Å². The number of thioether (sulfide) groups is 1. The molecule has 30 heavy (non-hydrogen) atoms. The number of aliphatic imine (C=N–C) groups is 1. The summed E-state index contributed by atoms with van der Waals surface area (Å²) < 4.78 is 64.2. The molecule has 0 aromatic heterocycles. The Balaban J connectivity index is 1.71. The lowest BCUT2D eigenvalue weighted by atomic mass is 10.1. The summed E-state index contributed by atoms with van der Waals surface area (Å²) in [5, 5.41) is 0.613.